The molecule has 2 nitrogen and oxygen atoms in total. The van der Waals surface area contributed by atoms with E-state index >= 15 is 0 Å². The molecule has 0 radical (unpaired) electrons. The molecule has 0 spiro atoms. The lowest BCUT2D eigenvalue weighted by atomic mass is 10.0. The molecule has 2 aromatic rings. The molecule has 0 fully saturated rings. The summed E-state index contributed by atoms with van der Waals surface area (Å²) in [7, 11) is 0. The lowest BCUT2D eigenvalue weighted by Gasteiger charge is -2.02. The van der Waals surface area contributed by atoms with Crippen molar-refractivity contribution in [3.05, 3.63) is 77.4 Å². The molecule has 0 aliphatic carbocycles. The van der Waals surface area contributed by atoms with Crippen LogP contribution < -0.4 is 5.73 Å². The first kappa shape index (κ1) is 12.1. The van der Waals surface area contributed by atoms with Crippen LogP contribution >= 0.6 is 0 Å². The fourth-order valence-corrected chi connectivity index (χ4v) is 1.76. The molecule has 1 amide bonds. The van der Waals surface area contributed by atoms with Crippen LogP contribution in [0.25, 0.3) is 6.08 Å². The van der Waals surface area contributed by atoms with Crippen LogP contribution in [0.3, 0.4) is 0 Å². The van der Waals surface area contributed by atoms with Crippen molar-refractivity contribution in [2.75, 3.05) is 0 Å². The highest BCUT2D eigenvalue weighted by Gasteiger charge is 1.95. The minimum atomic E-state index is -0.427. The van der Waals surface area contributed by atoms with E-state index < -0.39 is 5.91 Å². The predicted molar refractivity (Wildman–Crippen MR) is 73.9 cm³/mol. The van der Waals surface area contributed by atoms with Crippen LogP contribution in [0.4, 0.5) is 0 Å². The maximum absolute atomic E-state index is 10.6. The van der Waals surface area contributed by atoms with Crippen molar-refractivity contribution in [1.82, 2.24) is 0 Å². The van der Waals surface area contributed by atoms with Gasteiger partial charge < -0.3 is 5.73 Å². The molecule has 2 N–H and O–H groups in total. The highest BCUT2D eigenvalue weighted by atomic mass is 16.1. The SMILES string of the molecule is NC(=O)C=Cc1ccc(Cc2ccccc2)cc1. The number of benzene rings is 2. The number of carbonyl (C=O) groups is 1. The van der Waals surface area contributed by atoms with Crippen molar-refractivity contribution in [3.8, 4) is 0 Å². The summed E-state index contributed by atoms with van der Waals surface area (Å²) in [5.41, 5.74) is 8.56. The summed E-state index contributed by atoms with van der Waals surface area (Å²) in [4.78, 5) is 10.6. The molecule has 0 saturated carbocycles. The van der Waals surface area contributed by atoms with E-state index in [0.29, 0.717) is 0 Å². The standard InChI is InChI=1S/C16H15NO/c17-16(18)11-10-13-6-8-15(9-7-13)12-14-4-2-1-3-5-14/h1-11H,12H2,(H2,17,18). The van der Waals surface area contributed by atoms with Crippen LogP contribution in [0.15, 0.2) is 60.7 Å². The van der Waals surface area contributed by atoms with E-state index in [1.807, 2.05) is 30.3 Å². The molecule has 0 saturated heterocycles. The molecular formula is C16H15NO. The van der Waals surface area contributed by atoms with Gasteiger partial charge in [-0.3, -0.25) is 4.79 Å². The van der Waals surface area contributed by atoms with Gasteiger partial charge in [-0.2, -0.15) is 0 Å². The number of primary amides is 1. The summed E-state index contributed by atoms with van der Waals surface area (Å²) in [5.74, 6) is -0.427. The first-order valence-corrected chi connectivity index (χ1v) is 5.84. The number of nitrogens with two attached hydrogens (primary N) is 1. The first-order valence-electron chi connectivity index (χ1n) is 5.84. The zero-order valence-corrected chi connectivity index (χ0v) is 10.0. The average molecular weight is 237 g/mol. The highest BCUT2D eigenvalue weighted by Crippen LogP contribution is 2.11. The lowest BCUT2D eigenvalue weighted by Crippen LogP contribution is -2.05. The molecule has 0 unspecified atom stereocenters. The molecule has 0 aromatic heterocycles. The molecule has 0 bridgehead atoms. The Hall–Kier alpha value is -2.35. The zero-order chi connectivity index (χ0) is 12.8. The summed E-state index contributed by atoms with van der Waals surface area (Å²) < 4.78 is 0. The van der Waals surface area contributed by atoms with Crippen molar-refractivity contribution in [3.63, 3.8) is 0 Å². The summed E-state index contributed by atoms with van der Waals surface area (Å²) >= 11 is 0. The molecule has 0 aliphatic heterocycles. The van der Waals surface area contributed by atoms with Crippen LogP contribution in [0.1, 0.15) is 16.7 Å². The van der Waals surface area contributed by atoms with Gasteiger partial charge in [-0.05, 0) is 29.2 Å². The van der Waals surface area contributed by atoms with Gasteiger partial charge in [-0.1, -0.05) is 54.6 Å². The smallest absolute Gasteiger partial charge is 0.241 e. The first-order chi connectivity index (χ1) is 8.74. The summed E-state index contributed by atoms with van der Waals surface area (Å²) in [6, 6.07) is 18.4. The molecule has 18 heavy (non-hydrogen) atoms. The topological polar surface area (TPSA) is 43.1 Å². The van der Waals surface area contributed by atoms with Crippen molar-refractivity contribution < 1.29 is 4.79 Å². The molecule has 0 atom stereocenters. The Morgan fingerprint density at radius 3 is 2.17 bits per heavy atom. The fourth-order valence-electron chi connectivity index (χ4n) is 1.76. The highest BCUT2D eigenvalue weighted by molar-refractivity contribution is 5.90. The Morgan fingerprint density at radius 1 is 0.944 bits per heavy atom. The number of hydrogen-bond acceptors (Lipinski definition) is 1. The van der Waals surface area contributed by atoms with E-state index in [-0.39, 0.29) is 0 Å². The number of carbonyl (C=O) groups excluding carboxylic acids is 1. The molecule has 2 aromatic carbocycles. The monoisotopic (exact) mass is 237 g/mol. The van der Waals surface area contributed by atoms with Crippen molar-refractivity contribution >= 4 is 12.0 Å². The second-order valence-electron chi connectivity index (χ2n) is 4.14. The second-order valence-corrected chi connectivity index (χ2v) is 4.14. The van der Waals surface area contributed by atoms with Gasteiger partial charge in [0.1, 0.15) is 0 Å². The van der Waals surface area contributed by atoms with Crippen LogP contribution in [-0.2, 0) is 11.2 Å². The predicted octanol–water partition coefficient (Wildman–Crippen LogP) is 2.78. The van der Waals surface area contributed by atoms with Gasteiger partial charge in [0.25, 0.3) is 0 Å². The van der Waals surface area contributed by atoms with Gasteiger partial charge >= 0.3 is 0 Å². The van der Waals surface area contributed by atoms with Crippen molar-refractivity contribution in [1.29, 1.82) is 0 Å². The van der Waals surface area contributed by atoms with Gasteiger partial charge in [-0.25, -0.2) is 0 Å². The molecule has 0 heterocycles. The summed E-state index contributed by atoms with van der Waals surface area (Å²) in [6.45, 7) is 0. The normalized spacial score (nSPS) is 10.7. The summed E-state index contributed by atoms with van der Waals surface area (Å²) in [6.07, 6.45) is 4.00. The van der Waals surface area contributed by atoms with Gasteiger partial charge in [0.05, 0.1) is 0 Å². The van der Waals surface area contributed by atoms with Crippen LogP contribution in [0.5, 0.6) is 0 Å². The Morgan fingerprint density at radius 2 is 1.56 bits per heavy atom. The lowest BCUT2D eigenvalue weighted by molar-refractivity contribution is -0.113. The minimum absolute atomic E-state index is 0.427. The maximum atomic E-state index is 10.6. The van der Waals surface area contributed by atoms with E-state index in [0.717, 1.165) is 12.0 Å². The Bertz CT molecular complexity index is 541. The second kappa shape index (κ2) is 5.82. The Kier molecular flexibility index (Phi) is 3.92. The van der Waals surface area contributed by atoms with E-state index in [2.05, 4.69) is 24.3 Å². The minimum Gasteiger partial charge on any atom is -0.366 e. The van der Waals surface area contributed by atoms with E-state index in [9.17, 15) is 4.79 Å². The van der Waals surface area contributed by atoms with Crippen LogP contribution in [0, 0.1) is 0 Å². The van der Waals surface area contributed by atoms with Crippen molar-refractivity contribution in [2.45, 2.75) is 6.42 Å². The number of amides is 1. The summed E-state index contributed by atoms with van der Waals surface area (Å²) in [5, 5.41) is 0. The van der Waals surface area contributed by atoms with Gasteiger partial charge in [0.2, 0.25) is 5.91 Å². The van der Waals surface area contributed by atoms with Crippen LogP contribution in [-0.4, -0.2) is 5.91 Å². The van der Waals surface area contributed by atoms with E-state index in [4.69, 9.17) is 5.73 Å². The Labute approximate surface area is 107 Å². The molecule has 0 aliphatic rings. The average Bonchev–Trinajstić information content (AvgIpc) is 2.39. The quantitative estimate of drug-likeness (QED) is 0.816. The Balaban J connectivity index is 2.06. The third kappa shape index (κ3) is 3.59. The zero-order valence-electron chi connectivity index (χ0n) is 10.0. The molecule has 90 valence electrons. The van der Waals surface area contributed by atoms with E-state index in [1.165, 1.54) is 17.2 Å². The number of rotatable bonds is 4. The molecule has 2 heteroatoms. The van der Waals surface area contributed by atoms with Gasteiger partial charge in [0.15, 0.2) is 0 Å². The maximum Gasteiger partial charge on any atom is 0.241 e. The molecular weight excluding hydrogens is 222 g/mol. The molecule has 2 rings (SSSR count). The van der Waals surface area contributed by atoms with Crippen LogP contribution in [0.2, 0.25) is 0 Å². The third-order valence-electron chi connectivity index (χ3n) is 2.67. The largest absolute Gasteiger partial charge is 0.366 e. The van der Waals surface area contributed by atoms with Gasteiger partial charge in [0, 0.05) is 6.08 Å². The fraction of sp³-hybridized carbons (Fsp3) is 0.0625. The van der Waals surface area contributed by atoms with E-state index in [1.54, 1.807) is 6.08 Å². The number of hydrogen-bond donors (Lipinski definition) is 1. The third-order valence-corrected chi connectivity index (χ3v) is 2.67. The van der Waals surface area contributed by atoms with Gasteiger partial charge in [-0.15, -0.1) is 0 Å². The van der Waals surface area contributed by atoms with Crippen molar-refractivity contribution in [2.24, 2.45) is 5.73 Å².